The van der Waals surface area contributed by atoms with Gasteiger partial charge in [0.15, 0.2) is 0 Å². The summed E-state index contributed by atoms with van der Waals surface area (Å²) in [6.45, 7) is 31.3. The van der Waals surface area contributed by atoms with Crippen molar-refractivity contribution in [1.82, 2.24) is 19.6 Å². The van der Waals surface area contributed by atoms with Crippen LogP contribution >= 0.6 is 0 Å². The topological polar surface area (TPSA) is 150 Å². The lowest BCUT2D eigenvalue weighted by molar-refractivity contribution is 0.0501. The van der Waals surface area contributed by atoms with E-state index in [1.54, 1.807) is 19.6 Å². The molecule has 8 amide bonds. The number of carbonyl (C=O) groups excluding carboxylic acids is 8. The molecule has 738 valence electrons. The van der Waals surface area contributed by atoms with Crippen LogP contribution in [0.25, 0.3) is 152 Å². The summed E-state index contributed by atoms with van der Waals surface area (Å²) in [4.78, 5) is 136. The Hall–Kier alpha value is -11.5. The largest absolute Gasteiger partial charge is 0.271 e. The Bertz CT molecular complexity index is 6960. The molecule has 142 heavy (non-hydrogen) atoms. The Morgan fingerprint density at radius 3 is 0.634 bits per heavy atom. The SMILES string of the molecule is CCCCCCC(CCCCCC)N1C(=O)c2ccc3c4ccc5c6c(cc(-c7cc8cc9c(cc(-c%10cc%11c%12c(ccc%13c%14ccc%15c%16c(ccc(c%10c%12%13)c%16%14)C(=O)N(C(CCCCCC)CCCCCC)C%15=O)C(=O)N(C(CCCCCC)CCCCCC)C%11=O)c%10cc(C(C)(C)C)ccc%109)cc8c8ccc(C(C)(C)C)cc78)c(c7ccc(c2c37)C1=O)c64)C(=O)N(C(CCCCCC)CCCCCC)C5=O. The molecule has 0 unspecified atom stereocenters. The van der Waals surface area contributed by atoms with Crippen LogP contribution in [-0.4, -0.2) is 91.0 Å². The van der Waals surface area contributed by atoms with Crippen molar-refractivity contribution in [2.24, 2.45) is 0 Å². The van der Waals surface area contributed by atoms with Crippen LogP contribution in [0.15, 0.2) is 146 Å². The predicted octanol–water partition coefficient (Wildman–Crippen LogP) is 36.0. The second-order valence-corrected chi connectivity index (χ2v) is 45.2. The van der Waals surface area contributed by atoms with Gasteiger partial charge in [0, 0.05) is 90.2 Å². The van der Waals surface area contributed by atoms with Crippen molar-refractivity contribution in [2.75, 3.05) is 0 Å². The number of carbonyl (C=O) groups is 8. The number of unbranched alkanes of at least 4 members (excludes halogenated alkanes) is 24. The lowest BCUT2D eigenvalue weighted by Crippen LogP contribution is -2.47. The fourth-order valence-electron chi connectivity index (χ4n) is 25.8. The highest BCUT2D eigenvalue weighted by Crippen LogP contribution is 2.57. The molecule has 0 saturated heterocycles. The zero-order valence-electron chi connectivity index (χ0n) is 87.5. The van der Waals surface area contributed by atoms with E-state index >= 15 is 38.4 Å². The van der Waals surface area contributed by atoms with Crippen molar-refractivity contribution in [3.63, 3.8) is 0 Å². The van der Waals surface area contributed by atoms with E-state index in [2.05, 4.69) is 206 Å². The van der Waals surface area contributed by atoms with Gasteiger partial charge in [-0.3, -0.25) is 58.0 Å². The molecule has 4 heterocycles. The molecule has 4 aliphatic rings. The molecule has 0 aliphatic carbocycles. The van der Waals surface area contributed by atoms with E-state index < -0.39 is 0 Å². The third kappa shape index (κ3) is 17.6. The van der Waals surface area contributed by atoms with E-state index in [-0.39, 0.29) is 82.3 Å². The van der Waals surface area contributed by atoms with Crippen molar-refractivity contribution < 1.29 is 38.4 Å². The molecule has 4 aliphatic heterocycles. The van der Waals surface area contributed by atoms with Gasteiger partial charge < -0.3 is 0 Å². The molecule has 0 radical (unpaired) electrons. The molecule has 0 aromatic heterocycles. The van der Waals surface area contributed by atoms with Crippen LogP contribution in [0.1, 0.15) is 448 Å². The molecule has 12 heteroatoms. The summed E-state index contributed by atoms with van der Waals surface area (Å²) in [6, 6.07) is 50.8. The van der Waals surface area contributed by atoms with Gasteiger partial charge in [0.2, 0.25) is 0 Å². The van der Waals surface area contributed by atoms with Gasteiger partial charge >= 0.3 is 0 Å². The zero-order valence-corrected chi connectivity index (χ0v) is 87.5. The van der Waals surface area contributed by atoms with Gasteiger partial charge in [-0.15, -0.1) is 0 Å². The zero-order chi connectivity index (χ0) is 99.4. The van der Waals surface area contributed by atoms with Crippen molar-refractivity contribution in [3.8, 4) is 22.3 Å². The molecule has 0 spiro atoms. The summed E-state index contributed by atoms with van der Waals surface area (Å²) >= 11 is 0. The second kappa shape index (κ2) is 41.7. The summed E-state index contributed by atoms with van der Waals surface area (Å²) < 4.78 is 0. The van der Waals surface area contributed by atoms with Crippen molar-refractivity contribution >= 4 is 177 Å². The number of hydrogen-bond acceptors (Lipinski definition) is 8. The third-order valence-corrected chi connectivity index (χ3v) is 33.5. The van der Waals surface area contributed by atoms with E-state index in [0.717, 1.165) is 372 Å². The van der Waals surface area contributed by atoms with Crippen LogP contribution in [-0.2, 0) is 10.8 Å². The molecule has 0 N–H and O–H groups in total. The van der Waals surface area contributed by atoms with Crippen LogP contribution in [0.2, 0.25) is 0 Å². The van der Waals surface area contributed by atoms with Crippen molar-refractivity contribution in [2.45, 2.75) is 389 Å². The van der Waals surface area contributed by atoms with E-state index in [4.69, 9.17) is 0 Å². The first-order valence-electron chi connectivity index (χ1n) is 55.8. The lowest BCUT2D eigenvalue weighted by Gasteiger charge is -2.36. The van der Waals surface area contributed by atoms with Crippen LogP contribution in [0, 0.1) is 0 Å². The molecular weight excluding hydrogens is 1750 g/mol. The molecule has 12 nitrogen and oxygen atoms in total. The van der Waals surface area contributed by atoms with Gasteiger partial charge in [-0.2, -0.15) is 0 Å². The summed E-state index contributed by atoms with van der Waals surface area (Å²) in [7, 11) is 0. The Balaban J connectivity index is 0.883. The second-order valence-electron chi connectivity index (χ2n) is 45.2. The van der Waals surface area contributed by atoms with Crippen molar-refractivity contribution in [1.29, 1.82) is 0 Å². The van der Waals surface area contributed by atoms with Crippen LogP contribution in [0.3, 0.4) is 0 Å². The standard InChI is InChI=1S/C130H150N4O8/c1-15-23-31-39-47-83(48-40-32-24-16-2)131-121(135)95-65-59-89-91-61-67-99-117-109(127(141)133(125(99)139)85(51-43-35-27-19-5)52-44-36-28-20-6)77-107(113(119(91)117)93-63-69-97(123(131)137)115(95)111(89)93)103-73-79-71-102-80(72-101(79)87-57-55-81(75-105(87)103)129(9,10)11)74-104(106-76-82(130(12,13)14)56-58-88(102)106)108-78-110-118-100(126(140)134(128(110)142)86(53-45-37-29-21-7)54-46-38-30-22-8)68-62-92-90-60-66-96-116-98(70-64-94(112(90)116)114(108)120(92)118)124(138)132(122(96)136)84(49-41-33-25-17-3)50-42-34-26-18-4/h55-78,83-86H,15-54H2,1-14H3. The first-order valence-corrected chi connectivity index (χ1v) is 55.8. The monoisotopic (exact) mass is 1900 g/mol. The fraction of sp³-hybridized carbons (Fsp3) is 0.462. The molecule has 0 bridgehead atoms. The summed E-state index contributed by atoms with van der Waals surface area (Å²) in [6.07, 6.45) is 38.7. The molecule has 0 fully saturated rings. The number of fused-ring (bicyclic) bond motifs is 10. The number of hydrogen-bond donors (Lipinski definition) is 0. The first-order chi connectivity index (χ1) is 68.8. The Labute approximate surface area is 841 Å². The van der Waals surface area contributed by atoms with E-state index in [0.29, 0.717) is 91.7 Å². The summed E-state index contributed by atoms with van der Waals surface area (Å²) in [5.74, 6) is -2.11. The van der Waals surface area contributed by atoms with Crippen molar-refractivity contribution in [3.05, 3.63) is 201 Å². The fourth-order valence-corrected chi connectivity index (χ4v) is 25.8. The molecule has 15 aromatic rings. The molecule has 15 aromatic carbocycles. The van der Waals surface area contributed by atoms with Crippen LogP contribution < -0.4 is 0 Å². The highest BCUT2D eigenvalue weighted by atomic mass is 16.2. The quantitative estimate of drug-likeness (QED) is 0.0158. The van der Waals surface area contributed by atoms with E-state index in [9.17, 15) is 0 Å². The maximum Gasteiger partial charge on any atom is 0.261 e. The number of benzene rings is 15. The smallest absolute Gasteiger partial charge is 0.261 e. The number of nitrogens with zero attached hydrogens (tertiary/aromatic N) is 4. The number of amides is 8. The average molecular weight is 1900 g/mol. The average Bonchev–Trinajstić information content (AvgIpc) is 0.680. The van der Waals surface area contributed by atoms with Gasteiger partial charge in [0.25, 0.3) is 47.3 Å². The van der Waals surface area contributed by atoms with E-state index in [1.807, 2.05) is 36.4 Å². The van der Waals surface area contributed by atoms with Gasteiger partial charge in [-0.1, -0.05) is 363 Å². The van der Waals surface area contributed by atoms with Gasteiger partial charge in [0.05, 0.1) is 0 Å². The minimum Gasteiger partial charge on any atom is -0.271 e. The first kappa shape index (κ1) is 99.2. The van der Waals surface area contributed by atoms with Gasteiger partial charge in [0.1, 0.15) is 0 Å². The highest BCUT2D eigenvalue weighted by molar-refractivity contribution is 6.46. The normalized spacial score (nSPS) is 14.4. The summed E-state index contributed by atoms with van der Waals surface area (Å²) in [5, 5.41) is 20.4. The molecule has 0 saturated carbocycles. The Morgan fingerprint density at radius 2 is 0.394 bits per heavy atom. The van der Waals surface area contributed by atoms with Gasteiger partial charge in [-0.05, 0) is 288 Å². The number of imide groups is 4. The Kier molecular flexibility index (Phi) is 29.1. The summed E-state index contributed by atoms with van der Waals surface area (Å²) in [5.41, 5.74) is 9.02. The molecule has 19 rings (SSSR count). The Morgan fingerprint density at radius 1 is 0.176 bits per heavy atom. The molecular formula is C130H150N4O8. The predicted molar refractivity (Wildman–Crippen MR) is 594 cm³/mol. The molecule has 0 atom stereocenters. The number of rotatable bonds is 46. The van der Waals surface area contributed by atoms with E-state index in [1.165, 1.54) is 0 Å². The van der Waals surface area contributed by atoms with Crippen LogP contribution in [0.5, 0.6) is 0 Å². The van der Waals surface area contributed by atoms with Crippen LogP contribution in [0.4, 0.5) is 0 Å². The minimum absolute atomic E-state index is 0.251. The highest BCUT2D eigenvalue weighted by Gasteiger charge is 2.46. The lowest BCUT2D eigenvalue weighted by atomic mass is 9.77. The third-order valence-electron chi connectivity index (χ3n) is 33.5. The maximum absolute atomic E-state index is 16.8. The van der Waals surface area contributed by atoms with Gasteiger partial charge in [-0.25, -0.2) is 0 Å². The maximum atomic E-state index is 16.8. The minimum atomic E-state index is -0.339.